The topological polar surface area (TPSA) is 117 Å². The summed E-state index contributed by atoms with van der Waals surface area (Å²) >= 11 is 4.66. The van der Waals surface area contributed by atoms with E-state index in [2.05, 4.69) is 27.9 Å². The summed E-state index contributed by atoms with van der Waals surface area (Å²) < 4.78 is 0. The summed E-state index contributed by atoms with van der Waals surface area (Å²) in [7, 11) is 0. The normalized spacial score (nSPS) is 13.4. The largest absolute Gasteiger partial charge is 0.478 e. The average Bonchev–Trinajstić information content (AvgIpc) is 2.74. The Hall–Kier alpha value is -2.06. The van der Waals surface area contributed by atoms with E-state index in [4.69, 9.17) is 10.9 Å². The molecule has 1 aromatic heterocycles. The molecule has 1 aromatic rings. The number of aromatic nitrogens is 1. The molecule has 0 atom stereocenters. The molecule has 0 unspecified atom stereocenters. The van der Waals surface area contributed by atoms with E-state index in [-0.39, 0.29) is 11.5 Å². The van der Waals surface area contributed by atoms with Gasteiger partial charge >= 0.3 is 5.97 Å². The highest BCUT2D eigenvalue weighted by molar-refractivity contribution is 7.80. The zero-order valence-electron chi connectivity index (χ0n) is 9.34. The molecular formula is C10H12N4O3S. The Morgan fingerprint density at radius 2 is 2.22 bits per heavy atom. The van der Waals surface area contributed by atoms with Gasteiger partial charge < -0.3 is 15.8 Å². The zero-order valence-corrected chi connectivity index (χ0v) is 10.2. The highest BCUT2D eigenvalue weighted by Gasteiger charge is 2.12. The number of hydrazine groups is 1. The summed E-state index contributed by atoms with van der Waals surface area (Å²) in [6.07, 6.45) is 2.56. The van der Waals surface area contributed by atoms with Crippen molar-refractivity contribution in [3.63, 3.8) is 0 Å². The molecule has 1 amide bonds. The summed E-state index contributed by atoms with van der Waals surface area (Å²) in [5.41, 5.74) is 2.43. The average molecular weight is 268 g/mol. The van der Waals surface area contributed by atoms with E-state index in [1.807, 2.05) is 0 Å². The van der Waals surface area contributed by atoms with E-state index < -0.39 is 5.97 Å². The number of nitrogen functional groups attached to an aromatic ring is 1. The number of carbonyl (C=O) groups is 2. The van der Waals surface area contributed by atoms with Crippen LogP contribution in [0.25, 0.3) is 0 Å². The van der Waals surface area contributed by atoms with Crippen molar-refractivity contribution in [3.8, 4) is 0 Å². The van der Waals surface area contributed by atoms with Gasteiger partial charge in [0.1, 0.15) is 5.82 Å². The van der Waals surface area contributed by atoms with Gasteiger partial charge in [-0.05, 0) is 12.1 Å². The second kappa shape index (κ2) is 6.62. The number of rotatable bonds is 2. The van der Waals surface area contributed by atoms with Crippen molar-refractivity contribution in [1.29, 1.82) is 0 Å². The van der Waals surface area contributed by atoms with E-state index in [1.54, 1.807) is 0 Å². The number of carboxylic acid groups (broad SMARTS) is 1. The lowest BCUT2D eigenvalue weighted by molar-refractivity contribution is -0.118. The van der Waals surface area contributed by atoms with E-state index in [0.29, 0.717) is 17.2 Å². The number of aromatic carboxylic acids is 1. The SMILES string of the molecule is NNc1ccc(C(=O)O)cn1.O=C1CCC(=S)N1. The van der Waals surface area contributed by atoms with Gasteiger partial charge in [0, 0.05) is 19.0 Å². The minimum atomic E-state index is -0.999. The lowest BCUT2D eigenvalue weighted by atomic mass is 10.3. The molecule has 0 aromatic carbocycles. The number of thiocarbonyl (C=S) groups is 1. The van der Waals surface area contributed by atoms with Gasteiger partial charge in [-0.15, -0.1) is 0 Å². The smallest absolute Gasteiger partial charge is 0.337 e. The summed E-state index contributed by atoms with van der Waals surface area (Å²) in [6, 6.07) is 2.91. The predicted octanol–water partition coefficient (Wildman–Crippen LogP) is 0.289. The first-order valence-electron chi connectivity index (χ1n) is 5.01. The Morgan fingerprint density at radius 1 is 1.50 bits per heavy atom. The van der Waals surface area contributed by atoms with Gasteiger partial charge in [0.15, 0.2) is 0 Å². The van der Waals surface area contributed by atoms with Crippen molar-refractivity contribution in [2.75, 3.05) is 5.43 Å². The van der Waals surface area contributed by atoms with E-state index in [9.17, 15) is 9.59 Å². The standard InChI is InChI=1S/C6H7N3O2.C4H5NOS/c7-9-5-2-1-4(3-8-5)6(10)11;6-3-1-2-4(7)5-3/h1-3H,7H2,(H,8,9)(H,10,11);1-2H2,(H,5,6,7). The van der Waals surface area contributed by atoms with Crippen LogP contribution in [-0.2, 0) is 4.79 Å². The van der Waals surface area contributed by atoms with E-state index in [0.717, 1.165) is 6.42 Å². The molecule has 1 fully saturated rings. The molecule has 0 saturated carbocycles. The van der Waals surface area contributed by atoms with Crippen LogP contribution in [0.4, 0.5) is 5.82 Å². The van der Waals surface area contributed by atoms with Gasteiger partial charge in [-0.1, -0.05) is 12.2 Å². The summed E-state index contributed by atoms with van der Waals surface area (Å²) in [6.45, 7) is 0. The number of carbonyl (C=O) groups excluding carboxylic acids is 1. The third-order valence-electron chi connectivity index (χ3n) is 2.02. The number of amides is 1. The maximum atomic E-state index is 10.3. The molecule has 7 nitrogen and oxygen atoms in total. The van der Waals surface area contributed by atoms with Crippen LogP contribution >= 0.6 is 12.2 Å². The van der Waals surface area contributed by atoms with Crippen molar-refractivity contribution in [1.82, 2.24) is 10.3 Å². The van der Waals surface area contributed by atoms with Crippen LogP contribution in [0.3, 0.4) is 0 Å². The molecule has 0 aliphatic carbocycles. The maximum Gasteiger partial charge on any atom is 0.337 e. The monoisotopic (exact) mass is 268 g/mol. The third kappa shape index (κ3) is 4.44. The molecule has 1 aliphatic rings. The van der Waals surface area contributed by atoms with Gasteiger partial charge in [-0.3, -0.25) is 4.79 Å². The van der Waals surface area contributed by atoms with Gasteiger partial charge in [-0.25, -0.2) is 15.6 Å². The van der Waals surface area contributed by atoms with Gasteiger partial charge in [0.25, 0.3) is 0 Å². The Labute approximate surface area is 108 Å². The van der Waals surface area contributed by atoms with Crippen molar-refractivity contribution in [3.05, 3.63) is 23.9 Å². The molecule has 8 heteroatoms. The highest BCUT2D eigenvalue weighted by Crippen LogP contribution is 2.02. The van der Waals surface area contributed by atoms with Crippen molar-refractivity contribution >= 4 is 34.9 Å². The highest BCUT2D eigenvalue weighted by atomic mass is 32.1. The Bertz CT molecular complexity index is 447. The van der Waals surface area contributed by atoms with Crippen LogP contribution < -0.4 is 16.6 Å². The number of nitrogens with zero attached hydrogens (tertiary/aromatic N) is 1. The lowest BCUT2D eigenvalue weighted by Crippen LogP contribution is -2.17. The summed E-state index contributed by atoms with van der Waals surface area (Å²) in [5.74, 6) is 4.52. The molecule has 1 aliphatic heterocycles. The number of nitrogens with two attached hydrogens (primary N) is 1. The molecule has 0 bridgehead atoms. The minimum Gasteiger partial charge on any atom is -0.478 e. The number of pyridine rings is 1. The molecule has 18 heavy (non-hydrogen) atoms. The first-order chi connectivity index (χ1) is 8.52. The van der Waals surface area contributed by atoms with Gasteiger partial charge in [0.05, 0.1) is 10.6 Å². The third-order valence-corrected chi connectivity index (χ3v) is 2.32. The number of carboxylic acids is 1. The minimum absolute atomic E-state index is 0.0602. The second-order valence-corrected chi connectivity index (χ2v) is 3.85. The molecule has 2 heterocycles. The first-order valence-corrected chi connectivity index (χ1v) is 5.42. The maximum absolute atomic E-state index is 10.3. The molecule has 0 spiro atoms. The molecular weight excluding hydrogens is 256 g/mol. The molecule has 1 saturated heterocycles. The van der Waals surface area contributed by atoms with E-state index in [1.165, 1.54) is 18.3 Å². The van der Waals surface area contributed by atoms with E-state index >= 15 is 0 Å². The number of hydrogen-bond donors (Lipinski definition) is 4. The fraction of sp³-hybridized carbons (Fsp3) is 0.200. The Morgan fingerprint density at radius 3 is 2.50 bits per heavy atom. The van der Waals surface area contributed by atoms with Gasteiger partial charge in [-0.2, -0.15) is 0 Å². The fourth-order valence-corrected chi connectivity index (χ4v) is 1.33. The van der Waals surface area contributed by atoms with Crippen LogP contribution in [0, 0.1) is 0 Å². The van der Waals surface area contributed by atoms with Crippen molar-refractivity contribution in [2.45, 2.75) is 12.8 Å². The Kier molecular flexibility index (Phi) is 5.15. The van der Waals surface area contributed by atoms with Crippen LogP contribution in [0.15, 0.2) is 18.3 Å². The first kappa shape index (κ1) is 14.0. The fourth-order valence-electron chi connectivity index (χ4n) is 1.11. The van der Waals surface area contributed by atoms with Crippen LogP contribution in [-0.4, -0.2) is 27.0 Å². The number of nitrogens with one attached hydrogen (secondary N) is 2. The van der Waals surface area contributed by atoms with Crippen LogP contribution in [0.2, 0.25) is 0 Å². The van der Waals surface area contributed by atoms with Crippen molar-refractivity contribution in [2.24, 2.45) is 5.84 Å². The second-order valence-electron chi connectivity index (χ2n) is 3.35. The number of hydrogen-bond acceptors (Lipinski definition) is 6. The van der Waals surface area contributed by atoms with Crippen LogP contribution in [0.1, 0.15) is 23.2 Å². The molecule has 2 rings (SSSR count). The van der Waals surface area contributed by atoms with Crippen LogP contribution in [0.5, 0.6) is 0 Å². The summed E-state index contributed by atoms with van der Waals surface area (Å²) in [4.78, 5) is 25.0. The lowest BCUT2D eigenvalue weighted by Gasteiger charge is -1.97. The predicted molar refractivity (Wildman–Crippen MR) is 69.0 cm³/mol. The summed E-state index contributed by atoms with van der Waals surface area (Å²) in [5, 5.41) is 11.0. The Balaban J connectivity index is 0.000000199. The molecule has 96 valence electrons. The molecule has 5 N–H and O–H groups in total. The number of anilines is 1. The quantitative estimate of drug-likeness (QED) is 0.346. The zero-order chi connectivity index (χ0) is 13.5. The van der Waals surface area contributed by atoms with Crippen molar-refractivity contribution < 1.29 is 14.7 Å². The molecule has 0 radical (unpaired) electrons. The van der Waals surface area contributed by atoms with Gasteiger partial charge in [0.2, 0.25) is 5.91 Å².